The Bertz CT molecular complexity index is 358. The maximum absolute atomic E-state index is 2.42. The predicted molar refractivity (Wildman–Crippen MR) is 144 cm³/mol. The van der Waals surface area contributed by atoms with Crippen molar-refractivity contribution in [1.29, 1.82) is 0 Å². The van der Waals surface area contributed by atoms with Gasteiger partial charge >= 0.3 is 0 Å². The highest BCUT2D eigenvalue weighted by Crippen LogP contribution is 2.30. The fourth-order valence-electron chi connectivity index (χ4n) is 6.38. The van der Waals surface area contributed by atoms with Gasteiger partial charge in [0.1, 0.15) is 0 Å². The second-order valence-electron chi connectivity index (χ2n) is 11.0. The zero-order chi connectivity index (χ0) is 22.5. The van der Waals surface area contributed by atoms with Gasteiger partial charge in [0.2, 0.25) is 0 Å². The first-order valence-electron chi connectivity index (χ1n) is 15.1. The summed E-state index contributed by atoms with van der Waals surface area (Å²) >= 11 is 0. The van der Waals surface area contributed by atoms with Crippen molar-refractivity contribution in [1.82, 2.24) is 0 Å². The molecule has 1 N–H and O–H groups in total. The highest BCUT2D eigenvalue weighted by Gasteiger charge is 2.35. The Balaban J connectivity index is 0.00000961. The molecule has 1 saturated carbocycles. The predicted octanol–water partition coefficient (Wildman–Crippen LogP) is 10.0. The molecule has 0 unspecified atom stereocenters. The molecule has 0 aromatic carbocycles. The molecule has 0 spiro atoms. The second kappa shape index (κ2) is 22.7. The molecule has 2 nitrogen and oxygen atoms in total. The summed E-state index contributed by atoms with van der Waals surface area (Å²) in [7, 11) is 0. The van der Waals surface area contributed by atoms with E-state index < -0.39 is 0 Å². The molecule has 0 aromatic rings. The van der Waals surface area contributed by atoms with E-state index in [4.69, 9.17) is 0 Å². The summed E-state index contributed by atoms with van der Waals surface area (Å²) in [5, 5.41) is 0. The summed E-state index contributed by atoms with van der Waals surface area (Å²) in [4.78, 5) is 0. The fourth-order valence-corrected chi connectivity index (χ4v) is 6.38. The zero-order valence-corrected chi connectivity index (χ0v) is 22.9. The molecule has 1 rings (SSSR count). The molecule has 0 radical (unpaired) electrons. The Hall–Kier alpha value is -0.0800. The van der Waals surface area contributed by atoms with Crippen LogP contribution in [0.3, 0.4) is 0 Å². The first-order chi connectivity index (χ1) is 15.3. The lowest BCUT2D eigenvalue weighted by molar-refractivity contribution is -0.952. The van der Waals surface area contributed by atoms with Gasteiger partial charge in [-0.2, -0.15) is 0 Å². The molecule has 1 aliphatic carbocycles. The fraction of sp³-hybridized carbons (Fsp3) is 1.00. The number of rotatable bonds is 22. The van der Waals surface area contributed by atoms with Crippen molar-refractivity contribution in [3.05, 3.63) is 0 Å². The molecule has 1 aliphatic rings. The summed E-state index contributed by atoms with van der Waals surface area (Å²) in [6.45, 7) is 11.5. The van der Waals surface area contributed by atoms with Crippen LogP contribution >= 0.6 is 0 Å². The van der Waals surface area contributed by atoms with Crippen LogP contribution in [0, 0.1) is 0 Å². The van der Waals surface area contributed by atoms with Crippen LogP contribution < -0.4 is 0 Å². The molecular formula is C30H63NO. The van der Waals surface area contributed by atoms with E-state index in [2.05, 4.69) is 20.8 Å². The zero-order valence-electron chi connectivity index (χ0n) is 22.9. The van der Waals surface area contributed by atoms with Gasteiger partial charge in [0, 0.05) is 0 Å². The minimum absolute atomic E-state index is 0. The molecule has 0 bridgehead atoms. The van der Waals surface area contributed by atoms with E-state index in [1.165, 1.54) is 172 Å². The van der Waals surface area contributed by atoms with Crippen LogP contribution in [-0.2, 0) is 0 Å². The summed E-state index contributed by atoms with van der Waals surface area (Å²) in [6.07, 6.45) is 33.9. The van der Waals surface area contributed by atoms with Gasteiger partial charge in [-0.15, -0.1) is 0 Å². The van der Waals surface area contributed by atoms with E-state index in [1.54, 1.807) is 0 Å². The van der Waals surface area contributed by atoms with Crippen LogP contribution in [0.15, 0.2) is 0 Å². The average Bonchev–Trinajstić information content (AvgIpc) is 2.79. The third-order valence-electron chi connectivity index (χ3n) is 8.14. The maximum Gasteiger partial charge on any atom is 0.0890 e. The van der Waals surface area contributed by atoms with E-state index in [0.717, 1.165) is 6.04 Å². The molecule has 0 aromatic heterocycles. The standard InChI is InChI=1S/C30H62N.H2O/c1-4-7-8-9-10-11-12-13-14-15-16-17-18-19-20-24-29-31(27-5-2,28-6-3)30-25-22-21-23-26-30;/h30H,4-29H2,1-3H3;1H2/q+1;/p-1. The molecule has 0 heterocycles. The maximum atomic E-state index is 2.42. The monoisotopic (exact) mass is 453 g/mol. The van der Waals surface area contributed by atoms with Gasteiger partial charge in [-0.1, -0.05) is 117 Å². The molecule has 0 aliphatic heterocycles. The molecule has 1 fully saturated rings. The average molecular weight is 454 g/mol. The smallest absolute Gasteiger partial charge is 0.0890 e. The van der Waals surface area contributed by atoms with Crippen molar-refractivity contribution in [2.75, 3.05) is 19.6 Å². The van der Waals surface area contributed by atoms with Crippen LogP contribution in [0.25, 0.3) is 0 Å². The van der Waals surface area contributed by atoms with Gasteiger partial charge in [0.15, 0.2) is 0 Å². The highest BCUT2D eigenvalue weighted by atomic mass is 16.0. The highest BCUT2D eigenvalue weighted by molar-refractivity contribution is 4.68. The number of unbranched alkanes of at least 4 members (excludes halogenated alkanes) is 15. The summed E-state index contributed by atoms with van der Waals surface area (Å²) < 4.78 is 1.48. The largest absolute Gasteiger partial charge is 0.870 e. The van der Waals surface area contributed by atoms with Gasteiger partial charge in [0.05, 0.1) is 25.7 Å². The Kier molecular flexibility index (Phi) is 22.6. The first-order valence-corrected chi connectivity index (χ1v) is 15.1. The van der Waals surface area contributed by atoms with Crippen LogP contribution in [-0.4, -0.2) is 35.6 Å². The lowest BCUT2D eigenvalue weighted by Crippen LogP contribution is -2.57. The first kappa shape index (κ1) is 31.9. The lowest BCUT2D eigenvalue weighted by Gasteiger charge is -2.47. The van der Waals surface area contributed by atoms with Crippen molar-refractivity contribution in [2.45, 2.75) is 174 Å². The van der Waals surface area contributed by atoms with E-state index >= 15 is 0 Å². The SMILES string of the molecule is CCCCCCCCCCCCCCCCCC[N+](CCC)(CCC)C1CCCCC1.[OH-]. The third-order valence-corrected chi connectivity index (χ3v) is 8.14. The van der Waals surface area contributed by atoms with Gasteiger partial charge in [-0.25, -0.2) is 0 Å². The van der Waals surface area contributed by atoms with Gasteiger partial charge in [-0.05, 0) is 51.4 Å². The molecule has 0 amide bonds. The topological polar surface area (TPSA) is 30.0 Å². The number of quaternary nitrogens is 1. The Morgan fingerprint density at radius 2 is 0.812 bits per heavy atom. The van der Waals surface area contributed by atoms with Gasteiger partial charge < -0.3 is 9.96 Å². The Labute approximate surface area is 204 Å². The third kappa shape index (κ3) is 14.9. The second-order valence-corrected chi connectivity index (χ2v) is 11.0. The summed E-state index contributed by atoms with van der Waals surface area (Å²) in [5.74, 6) is 0. The van der Waals surface area contributed by atoms with Crippen LogP contribution in [0.4, 0.5) is 0 Å². The Morgan fingerprint density at radius 1 is 0.438 bits per heavy atom. The molecule has 32 heavy (non-hydrogen) atoms. The van der Waals surface area contributed by atoms with Crippen molar-refractivity contribution in [3.8, 4) is 0 Å². The van der Waals surface area contributed by atoms with Crippen molar-refractivity contribution in [3.63, 3.8) is 0 Å². The van der Waals surface area contributed by atoms with E-state index in [-0.39, 0.29) is 5.48 Å². The van der Waals surface area contributed by atoms with Crippen LogP contribution in [0.2, 0.25) is 0 Å². The van der Waals surface area contributed by atoms with E-state index in [0.29, 0.717) is 0 Å². The van der Waals surface area contributed by atoms with E-state index in [1.807, 2.05) is 0 Å². The van der Waals surface area contributed by atoms with Gasteiger partial charge in [-0.3, -0.25) is 0 Å². The van der Waals surface area contributed by atoms with Crippen LogP contribution in [0.1, 0.15) is 168 Å². The minimum atomic E-state index is 0. The molecule has 2 heteroatoms. The molecular weight excluding hydrogens is 390 g/mol. The quantitative estimate of drug-likeness (QED) is 0.118. The lowest BCUT2D eigenvalue weighted by atomic mass is 9.91. The van der Waals surface area contributed by atoms with Crippen LogP contribution in [0.5, 0.6) is 0 Å². The number of hydrogen-bond acceptors (Lipinski definition) is 1. The van der Waals surface area contributed by atoms with Crippen molar-refractivity contribution >= 4 is 0 Å². The normalized spacial score (nSPS) is 15.1. The number of nitrogens with zero attached hydrogens (tertiary/aromatic N) is 1. The molecule has 0 saturated heterocycles. The Morgan fingerprint density at radius 3 is 1.19 bits per heavy atom. The number of hydrogen-bond donors (Lipinski definition) is 0. The summed E-state index contributed by atoms with van der Waals surface area (Å²) in [6, 6.07) is 0.991. The van der Waals surface area contributed by atoms with Gasteiger partial charge in [0.25, 0.3) is 0 Å². The van der Waals surface area contributed by atoms with E-state index in [9.17, 15) is 0 Å². The van der Waals surface area contributed by atoms with Crippen molar-refractivity contribution in [2.24, 2.45) is 0 Å². The molecule has 0 atom stereocenters. The summed E-state index contributed by atoms with van der Waals surface area (Å²) in [5.41, 5.74) is 0. The van der Waals surface area contributed by atoms with Crippen molar-refractivity contribution < 1.29 is 9.96 Å². The molecule has 194 valence electrons. The minimum Gasteiger partial charge on any atom is -0.870 e.